The van der Waals surface area contributed by atoms with Crippen molar-refractivity contribution in [3.8, 4) is 5.75 Å². The van der Waals surface area contributed by atoms with Crippen LogP contribution in [0, 0.1) is 13.8 Å². The number of sulfonamides is 1. The van der Waals surface area contributed by atoms with E-state index in [1.54, 1.807) is 40.1 Å². The molecule has 0 aromatic heterocycles. The molecule has 0 saturated heterocycles. The van der Waals surface area contributed by atoms with Crippen LogP contribution in [0.5, 0.6) is 5.75 Å². The second-order valence-corrected chi connectivity index (χ2v) is 7.29. The Morgan fingerprint density at radius 1 is 1.10 bits per heavy atom. The first kappa shape index (κ1) is 17.9. The van der Waals surface area contributed by atoms with E-state index in [0.717, 1.165) is 6.54 Å². The molecule has 0 amide bonds. The normalized spacial score (nSPS) is 12.2. The van der Waals surface area contributed by atoms with E-state index in [2.05, 4.69) is 4.90 Å². The highest BCUT2D eigenvalue weighted by Gasteiger charge is 2.25. The smallest absolute Gasteiger partial charge is 0.243 e. The van der Waals surface area contributed by atoms with Gasteiger partial charge in [0.25, 0.3) is 0 Å². The summed E-state index contributed by atoms with van der Waals surface area (Å²) in [6.45, 7) is 7.72. The molecule has 1 rings (SSSR count). The average molecular weight is 314 g/mol. The molecule has 0 saturated carbocycles. The van der Waals surface area contributed by atoms with Crippen molar-refractivity contribution in [1.29, 1.82) is 0 Å². The van der Waals surface area contributed by atoms with Gasteiger partial charge in [0.2, 0.25) is 10.0 Å². The van der Waals surface area contributed by atoms with Gasteiger partial charge in [-0.3, -0.25) is 0 Å². The van der Waals surface area contributed by atoms with Gasteiger partial charge in [-0.05, 0) is 50.7 Å². The minimum atomic E-state index is -3.48. The molecule has 0 heterocycles. The van der Waals surface area contributed by atoms with Crippen molar-refractivity contribution < 1.29 is 13.2 Å². The van der Waals surface area contributed by atoms with Crippen LogP contribution in [-0.2, 0) is 10.0 Å². The van der Waals surface area contributed by atoms with E-state index in [-0.39, 0.29) is 0 Å². The third kappa shape index (κ3) is 4.18. The third-order valence-corrected chi connectivity index (χ3v) is 5.84. The van der Waals surface area contributed by atoms with Crippen LogP contribution in [0.25, 0.3) is 0 Å². The van der Waals surface area contributed by atoms with Crippen molar-refractivity contribution in [2.75, 3.05) is 40.8 Å². The quantitative estimate of drug-likeness (QED) is 0.771. The van der Waals surface area contributed by atoms with Gasteiger partial charge in [0.05, 0.1) is 12.0 Å². The number of hydrogen-bond acceptors (Lipinski definition) is 4. The molecule has 0 spiro atoms. The fraction of sp³-hybridized carbons (Fsp3) is 0.600. The summed E-state index contributed by atoms with van der Waals surface area (Å²) in [5, 5.41) is 0. The first-order chi connectivity index (χ1) is 9.73. The van der Waals surface area contributed by atoms with Crippen molar-refractivity contribution in [3.05, 3.63) is 23.3 Å². The van der Waals surface area contributed by atoms with E-state index in [1.165, 1.54) is 4.31 Å². The van der Waals surface area contributed by atoms with E-state index in [0.29, 0.717) is 34.9 Å². The van der Waals surface area contributed by atoms with Crippen LogP contribution in [0.4, 0.5) is 0 Å². The van der Waals surface area contributed by atoms with Crippen molar-refractivity contribution in [2.24, 2.45) is 0 Å². The van der Waals surface area contributed by atoms with Gasteiger partial charge in [0.15, 0.2) is 0 Å². The van der Waals surface area contributed by atoms with Crippen LogP contribution >= 0.6 is 0 Å². The standard InChI is InChI=1S/C15H26N2O3S/c1-7-16(4)8-9-17(5)21(18,19)15-12(2)10-14(20-6)11-13(15)3/h10-11H,7-9H2,1-6H3. The zero-order chi connectivity index (χ0) is 16.2. The molecule has 1 aromatic carbocycles. The molecule has 0 radical (unpaired) electrons. The summed E-state index contributed by atoms with van der Waals surface area (Å²) < 4.78 is 32.1. The second kappa shape index (κ2) is 7.24. The maximum Gasteiger partial charge on any atom is 0.243 e. The van der Waals surface area contributed by atoms with E-state index in [9.17, 15) is 8.42 Å². The summed E-state index contributed by atoms with van der Waals surface area (Å²) in [6.07, 6.45) is 0. The SMILES string of the molecule is CCN(C)CCN(C)S(=O)(=O)c1c(C)cc(OC)cc1C. The Balaban J connectivity index is 3.08. The molecule has 0 N–H and O–H groups in total. The van der Waals surface area contributed by atoms with E-state index in [4.69, 9.17) is 4.74 Å². The van der Waals surface area contributed by atoms with Gasteiger partial charge in [-0.25, -0.2) is 8.42 Å². The van der Waals surface area contributed by atoms with Gasteiger partial charge in [0, 0.05) is 20.1 Å². The molecule has 0 unspecified atom stereocenters. The highest BCUT2D eigenvalue weighted by Crippen LogP contribution is 2.27. The van der Waals surface area contributed by atoms with Gasteiger partial charge in [-0.2, -0.15) is 4.31 Å². The zero-order valence-corrected chi connectivity index (χ0v) is 14.6. The lowest BCUT2D eigenvalue weighted by Crippen LogP contribution is -2.35. The predicted octanol–water partition coefficient (Wildman–Crippen LogP) is 1.88. The predicted molar refractivity (Wildman–Crippen MR) is 85.5 cm³/mol. The van der Waals surface area contributed by atoms with Crippen molar-refractivity contribution in [3.63, 3.8) is 0 Å². The van der Waals surface area contributed by atoms with Gasteiger partial charge >= 0.3 is 0 Å². The van der Waals surface area contributed by atoms with Crippen LogP contribution in [-0.4, -0.2) is 58.5 Å². The summed E-state index contributed by atoms with van der Waals surface area (Å²) in [6, 6.07) is 3.51. The third-order valence-electron chi connectivity index (χ3n) is 3.67. The number of rotatable bonds is 7. The lowest BCUT2D eigenvalue weighted by Gasteiger charge is -2.23. The number of likely N-dealkylation sites (N-methyl/N-ethyl adjacent to an activating group) is 2. The largest absolute Gasteiger partial charge is 0.497 e. The topological polar surface area (TPSA) is 49.9 Å². The van der Waals surface area contributed by atoms with Gasteiger partial charge in [0.1, 0.15) is 5.75 Å². The Kier molecular flexibility index (Phi) is 6.19. The minimum absolute atomic E-state index is 0.380. The molecule has 120 valence electrons. The molecule has 0 aliphatic heterocycles. The molecular weight excluding hydrogens is 288 g/mol. The van der Waals surface area contributed by atoms with Crippen LogP contribution in [0.1, 0.15) is 18.1 Å². The molecule has 0 aliphatic carbocycles. The second-order valence-electron chi connectivity index (χ2n) is 5.31. The molecule has 5 nitrogen and oxygen atoms in total. The Bertz CT molecular complexity index is 562. The van der Waals surface area contributed by atoms with E-state index < -0.39 is 10.0 Å². The van der Waals surface area contributed by atoms with Crippen LogP contribution in [0.15, 0.2) is 17.0 Å². The Labute approximate surface area is 128 Å². The monoisotopic (exact) mass is 314 g/mol. The number of methoxy groups -OCH3 is 1. The highest BCUT2D eigenvalue weighted by molar-refractivity contribution is 7.89. The van der Waals surface area contributed by atoms with Crippen LogP contribution in [0.3, 0.4) is 0 Å². The number of hydrogen-bond donors (Lipinski definition) is 0. The molecule has 0 bridgehead atoms. The Morgan fingerprint density at radius 2 is 1.62 bits per heavy atom. The van der Waals surface area contributed by atoms with E-state index >= 15 is 0 Å². The summed E-state index contributed by atoms with van der Waals surface area (Å²) in [7, 11) is 1.70. The van der Waals surface area contributed by atoms with Gasteiger partial charge in [-0.1, -0.05) is 6.92 Å². The lowest BCUT2D eigenvalue weighted by atomic mass is 10.1. The number of benzene rings is 1. The van der Waals surface area contributed by atoms with Crippen LogP contribution < -0.4 is 4.74 Å². The summed E-state index contributed by atoms with van der Waals surface area (Å²) in [5.41, 5.74) is 1.42. The molecular formula is C15H26N2O3S. The molecule has 21 heavy (non-hydrogen) atoms. The maximum atomic E-state index is 12.7. The maximum absolute atomic E-state index is 12.7. The molecule has 0 atom stereocenters. The van der Waals surface area contributed by atoms with E-state index in [1.807, 2.05) is 14.0 Å². The van der Waals surface area contributed by atoms with Gasteiger partial charge < -0.3 is 9.64 Å². The summed E-state index contributed by atoms with van der Waals surface area (Å²) >= 11 is 0. The highest BCUT2D eigenvalue weighted by atomic mass is 32.2. The first-order valence-corrected chi connectivity index (χ1v) is 8.48. The number of nitrogens with zero attached hydrogens (tertiary/aromatic N) is 2. The van der Waals surface area contributed by atoms with Crippen molar-refractivity contribution in [2.45, 2.75) is 25.7 Å². The van der Waals surface area contributed by atoms with Crippen molar-refractivity contribution >= 4 is 10.0 Å². The fourth-order valence-corrected chi connectivity index (χ4v) is 3.75. The van der Waals surface area contributed by atoms with Gasteiger partial charge in [-0.15, -0.1) is 0 Å². The molecule has 1 aromatic rings. The number of aryl methyl sites for hydroxylation is 2. The minimum Gasteiger partial charge on any atom is -0.497 e. The Morgan fingerprint density at radius 3 is 2.05 bits per heavy atom. The fourth-order valence-electron chi connectivity index (χ4n) is 2.18. The molecule has 0 fully saturated rings. The molecule has 0 aliphatic rings. The molecule has 6 heteroatoms. The van der Waals surface area contributed by atoms with Crippen LogP contribution in [0.2, 0.25) is 0 Å². The zero-order valence-electron chi connectivity index (χ0n) is 13.8. The lowest BCUT2D eigenvalue weighted by molar-refractivity contribution is 0.320. The Hall–Kier alpha value is -1.11. The first-order valence-electron chi connectivity index (χ1n) is 7.04. The van der Waals surface area contributed by atoms with Crippen molar-refractivity contribution in [1.82, 2.24) is 9.21 Å². The number of ether oxygens (including phenoxy) is 1. The summed E-state index contributed by atoms with van der Waals surface area (Å²) in [5.74, 6) is 0.678. The summed E-state index contributed by atoms with van der Waals surface area (Å²) in [4.78, 5) is 2.46. The average Bonchev–Trinajstić information content (AvgIpc) is 2.42.